The van der Waals surface area contributed by atoms with E-state index in [4.69, 9.17) is 0 Å². The first-order valence-corrected chi connectivity index (χ1v) is 12.5. The molecule has 7 heteroatoms. The fraction of sp³-hybridized carbons (Fsp3) is 0.194. The maximum atomic E-state index is 13.5. The minimum atomic E-state index is -0.827. The Labute approximate surface area is 220 Å². The molecule has 0 spiro atoms. The summed E-state index contributed by atoms with van der Waals surface area (Å²) in [5.74, 6) is -0.210. The third-order valence-corrected chi connectivity index (χ3v) is 7.20. The van der Waals surface area contributed by atoms with Gasteiger partial charge in [0.25, 0.3) is 0 Å². The van der Waals surface area contributed by atoms with E-state index in [1.165, 1.54) is 12.1 Å². The van der Waals surface area contributed by atoms with Crippen molar-refractivity contribution < 1.29 is 24.5 Å². The Morgan fingerprint density at radius 1 is 0.868 bits per heavy atom. The fourth-order valence-corrected chi connectivity index (χ4v) is 5.21. The number of nitrogens with zero attached hydrogens (tertiary/aromatic N) is 2. The molecular formula is C31H29FN2O4. The number of amides is 2. The quantitative estimate of drug-likeness (QED) is 0.268. The molecule has 4 aromatic rings. The summed E-state index contributed by atoms with van der Waals surface area (Å²) >= 11 is 0. The smallest absolute Gasteiger partial charge is 0.325 e. The minimum absolute atomic E-state index is 0.0314. The lowest BCUT2D eigenvalue weighted by molar-refractivity contribution is 0.148. The summed E-state index contributed by atoms with van der Waals surface area (Å²) in [5.41, 5.74) is 3.37. The van der Waals surface area contributed by atoms with Crippen LogP contribution in [0.1, 0.15) is 36.1 Å². The molecule has 0 bridgehead atoms. The summed E-state index contributed by atoms with van der Waals surface area (Å²) in [6, 6.07) is 26.1. The third kappa shape index (κ3) is 4.93. The molecular weight excluding hydrogens is 483 g/mol. The van der Waals surface area contributed by atoms with E-state index in [9.17, 15) is 24.5 Å². The number of aromatic hydroxyl groups is 2. The van der Waals surface area contributed by atoms with Crippen molar-refractivity contribution in [2.75, 3.05) is 11.9 Å². The van der Waals surface area contributed by atoms with E-state index >= 15 is 0 Å². The molecule has 1 saturated heterocycles. The molecule has 2 amide bonds. The number of benzene rings is 4. The molecule has 194 valence electrons. The molecule has 0 radical (unpaired) electrons. The van der Waals surface area contributed by atoms with Gasteiger partial charge in [0.15, 0.2) is 0 Å². The van der Waals surface area contributed by atoms with Gasteiger partial charge in [-0.05, 0) is 72.0 Å². The minimum Gasteiger partial charge on any atom is -0.508 e. The zero-order valence-corrected chi connectivity index (χ0v) is 20.9. The predicted molar refractivity (Wildman–Crippen MR) is 144 cm³/mol. The summed E-state index contributed by atoms with van der Waals surface area (Å²) in [5, 5.41) is 31.9. The van der Waals surface area contributed by atoms with Crippen LogP contribution in [0.25, 0.3) is 11.1 Å². The number of rotatable bonds is 7. The number of likely N-dealkylation sites (N-methyl/N-ethyl adjacent to an activating group) is 1. The highest BCUT2D eigenvalue weighted by Crippen LogP contribution is 2.44. The van der Waals surface area contributed by atoms with E-state index in [2.05, 4.69) is 0 Å². The van der Waals surface area contributed by atoms with Gasteiger partial charge in [-0.3, -0.25) is 4.90 Å². The molecule has 1 heterocycles. The number of phenolic OH excluding ortho intramolecular Hbond substituents is 2. The van der Waals surface area contributed by atoms with Crippen molar-refractivity contribution in [3.8, 4) is 22.6 Å². The lowest BCUT2D eigenvalue weighted by atomic mass is 9.91. The van der Waals surface area contributed by atoms with Crippen LogP contribution in [0.4, 0.5) is 14.9 Å². The summed E-state index contributed by atoms with van der Waals surface area (Å²) in [6.07, 6.45) is -0.0372. The second-order valence-corrected chi connectivity index (χ2v) is 9.58. The van der Waals surface area contributed by atoms with Gasteiger partial charge in [-0.25, -0.2) is 9.18 Å². The highest BCUT2D eigenvalue weighted by molar-refractivity contribution is 5.96. The van der Waals surface area contributed by atoms with Crippen molar-refractivity contribution >= 4 is 11.7 Å². The number of hydrogen-bond acceptors (Lipinski definition) is 4. The molecule has 0 aliphatic carbocycles. The Bertz CT molecular complexity index is 1430. The number of aliphatic hydroxyl groups is 1. The van der Waals surface area contributed by atoms with Gasteiger partial charge in [-0.2, -0.15) is 0 Å². The number of phenols is 2. The molecule has 4 aromatic carbocycles. The van der Waals surface area contributed by atoms with Crippen molar-refractivity contribution in [3.63, 3.8) is 0 Å². The summed E-state index contributed by atoms with van der Waals surface area (Å²) in [7, 11) is 1.73. The summed E-state index contributed by atoms with van der Waals surface area (Å²) < 4.78 is 13.3. The maximum absolute atomic E-state index is 13.5. The second-order valence-electron chi connectivity index (χ2n) is 9.58. The van der Waals surface area contributed by atoms with Crippen LogP contribution in [0.3, 0.4) is 0 Å². The molecule has 1 aliphatic rings. The van der Waals surface area contributed by atoms with Gasteiger partial charge in [0.2, 0.25) is 0 Å². The van der Waals surface area contributed by atoms with Crippen LogP contribution >= 0.6 is 0 Å². The molecule has 38 heavy (non-hydrogen) atoms. The van der Waals surface area contributed by atoms with Crippen molar-refractivity contribution in [2.45, 2.75) is 31.0 Å². The monoisotopic (exact) mass is 512 g/mol. The molecule has 6 nitrogen and oxygen atoms in total. The molecule has 0 aromatic heterocycles. The van der Waals surface area contributed by atoms with Gasteiger partial charge in [0, 0.05) is 18.3 Å². The lowest BCUT2D eigenvalue weighted by Crippen LogP contribution is -2.31. The van der Waals surface area contributed by atoms with Gasteiger partial charge >= 0.3 is 6.03 Å². The first-order chi connectivity index (χ1) is 18.3. The van der Waals surface area contributed by atoms with Gasteiger partial charge in [-0.1, -0.05) is 54.6 Å². The number of halogens is 1. The zero-order chi connectivity index (χ0) is 26.8. The SMILES string of the molecule is CN1C(=O)N(c2ccccc2)C(c2ccc(-c3cccc(O)c3)cc2O)C1CCC(O)c1ccc(F)cc1. The van der Waals surface area contributed by atoms with Crippen molar-refractivity contribution in [3.05, 3.63) is 114 Å². The Balaban J connectivity index is 1.50. The molecule has 3 unspecified atom stereocenters. The number of carbonyl (C=O) groups is 1. The highest BCUT2D eigenvalue weighted by atomic mass is 19.1. The van der Waals surface area contributed by atoms with Crippen LogP contribution in [0.5, 0.6) is 11.5 Å². The van der Waals surface area contributed by atoms with Crippen molar-refractivity contribution in [1.82, 2.24) is 4.90 Å². The summed E-state index contributed by atoms with van der Waals surface area (Å²) in [4.78, 5) is 16.9. The standard InChI is InChI=1S/C31H29FN2O4/c1-33-27(16-17-28(36)20-10-13-23(32)14-11-20)30(34(31(33)38)24-7-3-2-4-8-24)26-15-12-22(19-29(26)37)21-6-5-9-25(35)18-21/h2-15,18-19,27-28,30,35-37H,16-17H2,1H3. The predicted octanol–water partition coefficient (Wildman–Crippen LogP) is 6.40. The van der Waals surface area contributed by atoms with Crippen LogP contribution < -0.4 is 4.90 Å². The third-order valence-electron chi connectivity index (χ3n) is 7.20. The Hall–Kier alpha value is -4.36. The average molecular weight is 513 g/mol. The second kappa shape index (κ2) is 10.6. The average Bonchev–Trinajstić information content (AvgIpc) is 3.17. The first-order valence-electron chi connectivity index (χ1n) is 12.5. The van der Waals surface area contributed by atoms with Crippen LogP contribution in [-0.4, -0.2) is 39.3 Å². The number of hydrogen-bond donors (Lipinski definition) is 3. The van der Waals surface area contributed by atoms with E-state index in [0.717, 1.165) is 11.1 Å². The molecule has 3 atom stereocenters. The number of aliphatic hydroxyl groups excluding tert-OH is 1. The van der Waals surface area contributed by atoms with E-state index in [0.29, 0.717) is 29.7 Å². The number of para-hydroxylation sites is 1. The molecule has 1 fully saturated rings. The van der Waals surface area contributed by atoms with E-state index in [1.54, 1.807) is 53.2 Å². The van der Waals surface area contributed by atoms with Gasteiger partial charge < -0.3 is 20.2 Å². The van der Waals surface area contributed by atoms with Gasteiger partial charge in [0.05, 0.1) is 18.2 Å². The molecule has 1 aliphatic heterocycles. The molecule has 0 saturated carbocycles. The molecule has 5 rings (SSSR count). The van der Waals surface area contributed by atoms with Gasteiger partial charge in [-0.15, -0.1) is 0 Å². The Kier molecular flexibility index (Phi) is 7.03. The van der Waals surface area contributed by atoms with Crippen LogP contribution in [0.15, 0.2) is 97.1 Å². The van der Waals surface area contributed by atoms with E-state index < -0.39 is 12.1 Å². The number of anilines is 1. The topological polar surface area (TPSA) is 84.2 Å². The fourth-order valence-electron chi connectivity index (χ4n) is 5.21. The van der Waals surface area contributed by atoms with Crippen LogP contribution in [-0.2, 0) is 0 Å². The van der Waals surface area contributed by atoms with Crippen LogP contribution in [0.2, 0.25) is 0 Å². The Morgan fingerprint density at radius 2 is 1.58 bits per heavy atom. The van der Waals surface area contributed by atoms with Crippen molar-refractivity contribution in [2.24, 2.45) is 0 Å². The zero-order valence-electron chi connectivity index (χ0n) is 20.9. The maximum Gasteiger partial charge on any atom is 0.325 e. The normalized spacial score (nSPS) is 18.1. The number of urea groups is 1. The first kappa shape index (κ1) is 25.3. The van der Waals surface area contributed by atoms with Gasteiger partial charge in [0.1, 0.15) is 17.3 Å². The van der Waals surface area contributed by atoms with Crippen molar-refractivity contribution in [1.29, 1.82) is 0 Å². The summed E-state index contributed by atoms with van der Waals surface area (Å²) in [6.45, 7) is 0. The lowest BCUT2D eigenvalue weighted by Gasteiger charge is -2.29. The number of carbonyl (C=O) groups excluding carboxylic acids is 1. The Morgan fingerprint density at radius 3 is 2.26 bits per heavy atom. The highest BCUT2D eigenvalue weighted by Gasteiger charge is 2.46. The molecule has 3 N–H and O–H groups in total. The van der Waals surface area contributed by atoms with Crippen LogP contribution in [0, 0.1) is 5.82 Å². The van der Waals surface area contributed by atoms with E-state index in [-0.39, 0.29) is 29.4 Å². The largest absolute Gasteiger partial charge is 0.508 e. The van der Waals surface area contributed by atoms with E-state index in [1.807, 2.05) is 48.5 Å².